The van der Waals surface area contributed by atoms with E-state index in [1.54, 1.807) is 4.90 Å². The average molecular weight is 457 g/mol. The summed E-state index contributed by atoms with van der Waals surface area (Å²) in [6.07, 6.45) is 0.567. The minimum absolute atomic E-state index is 0.0932. The van der Waals surface area contributed by atoms with Crippen molar-refractivity contribution < 1.29 is 27.7 Å². The number of nitrogens with one attached hydrogen (secondary N) is 1. The molecule has 172 valence electrons. The van der Waals surface area contributed by atoms with Crippen LogP contribution in [0.25, 0.3) is 0 Å². The Morgan fingerprint density at radius 3 is 2.29 bits per heavy atom. The van der Waals surface area contributed by atoms with Gasteiger partial charge in [0.1, 0.15) is 5.60 Å². The predicted molar refractivity (Wildman–Crippen MR) is 113 cm³/mol. The van der Waals surface area contributed by atoms with E-state index in [9.17, 15) is 28.1 Å². The van der Waals surface area contributed by atoms with Crippen LogP contribution in [0.15, 0.2) is 23.1 Å². The molecule has 0 atom stereocenters. The molecular formula is C19H28N4O7S. The largest absolute Gasteiger partial charge is 0.444 e. The normalized spacial score (nSPS) is 15.4. The molecule has 31 heavy (non-hydrogen) atoms. The monoisotopic (exact) mass is 456 g/mol. The number of nitro benzene ring substituents is 1. The molecule has 1 fully saturated rings. The van der Waals surface area contributed by atoms with Crippen LogP contribution in [-0.2, 0) is 14.6 Å². The minimum Gasteiger partial charge on any atom is -0.444 e. The third kappa shape index (κ3) is 7.47. The molecule has 1 saturated heterocycles. The first-order chi connectivity index (χ1) is 14.3. The Balaban J connectivity index is 1.88. The molecule has 1 N–H and O–H groups in total. The number of carbonyl (C=O) groups excluding carboxylic acids is 2. The standard InChI is InChI=1S/C19H28N4O7S/c1-19(2,3)30-18(25)22-9-7-21(8-10-22)6-5-20-17(24)14-11-15(23(26)27)13-16(12-14)31(4,28)29/h11-13H,5-10H2,1-4H3,(H,20,24). The first-order valence-electron chi connectivity index (χ1n) is 9.74. The summed E-state index contributed by atoms with van der Waals surface area (Å²) in [5.74, 6) is -0.596. The molecule has 11 nitrogen and oxygen atoms in total. The number of benzene rings is 1. The second kappa shape index (κ2) is 9.60. The van der Waals surface area contributed by atoms with Crippen LogP contribution in [0.3, 0.4) is 0 Å². The number of nitro groups is 1. The zero-order valence-corrected chi connectivity index (χ0v) is 18.9. The molecule has 1 heterocycles. The molecule has 0 radical (unpaired) electrons. The number of carbonyl (C=O) groups is 2. The molecule has 0 bridgehead atoms. The van der Waals surface area contributed by atoms with Gasteiger partial charge in [-0.15, -0.1) is 0 Å². The Labute approximate surface area is 181 Å². The highest BCUT2D eigenvalue weighted by molar-refractivity contribution is 7.90. The molecule has 0 spiro atoms. The summed E-state index contributed by atoms with van der Waals surface area (Å²) >= 11 is 0. The molecule has 0 aliphatic carbocycles. The van der Waals surface area contributed by atoms with E-state index in [2.05, 4.69) is 10.2 Å². The Morgan fingerprint density at radius 2 is 1.77 bits per heavy atom. The number of sulfone groups is 1. The third-order valence-corrected chi connectivity index (χ3v) is 5.62. The lowest BCUT2D eigenvalue weighted by Crippen LogP contribution is -2.51. The number of ether oxygens (including phenoxy) is 1. The van der Waals surface area contributed by atoms with Gasteiger partial charge in [-0.2, -0.15) is 0 Å². The van der Waals surface area contributed by atoms with E-state index >= 15 is 0 Å². The summed E-state index contributed by atoms with van der Waals surface area (Å²) in [4.78, 5) is 38.2. The first kappa shape index (κ1) is 24.5. The van der Waals surface area contributed by atoms with Crippen molar-refractivity contribution in [3.05, 3.63) is 33.9 Å². The molecule has 1 aliphatic rings. The molecule has 2 amide bonds. The number of nitrogens with zero attached hydrogens (tertiary/aromatic N) is 3. The highest BCUT2D eigenvalue weighted by Crippen LogP contribution is 2.21. The molecule has 0 unspecified atom stereocenters. The van der Waals surface area contributed by atoms with Crippen molar-refractivity contribution in [3.63, 3.8) is 0 Å². The SMILES string of the molecule is CC(C)(C)OC(=O)N1CCN(CCNC(=O)c2cc([N+](=O)[O-])cc(S(C)(=O)=O)c2)CC1. The third-order valence-electron chi connectivity index (χ3n) is 4.53. The Morgan fingerprint density at radius 1 is 1.16 bits per heavy atom. The van der Waals surface area contributed by atoms with Crippen molar-refractivity contribution in [2.45, 2.75) is 31.3 Å². The van der Waals surface area contributed by atoms with E-state index in [0.717, 1.165) is 24.5 Å². The van der Waals surface area contributed by atoms with Gasteiger partial charge in [0.15, 0.2) is 9.84 Å². The number of hydrogen-bond acceptors (Lipinski definition) is 8. The smallest absolute Gasteiger partial charge is 0.410 e. The lowest BCUT2D eigenvalue weighted by molar-refractivity contribution is -0.385. The summed E-state index contributed by atoms with van der Waals surface area (Å²) in [6, 6.07) is 3.09. The number of rotatable bonds is 6. The lowest BCUT2D eigenvalue weighted by atomic mass is 10.2. The van der Waals surface area contributed by atoms with E-state index in [4.69, 9.17) is 4.74 Å². The molecule has 12 heteroatoms. The topological polar surface area (TPSA) is 139 Å². The Kier molecular flexibility index (Phi) is 7.60. The van der Waals surface area contributed by atoms with Gasteiger partial charge in [0.2, 0.25) is 0 Å². The first-order valence-corrected chi connectivity index (χ1v) is 11.6. The van der Waals surface area contributed by atoms with Gasteiger partial charge in [-0.05, 0) is 26.8 Å². The van der Waals surface area contributed by atoms with E-state index in [0.29, 0.717) is 32.7 Å². The van der Waals surface area contributed by atoms with Crippen LogP contribution in [0.5, 0.6) is 0 Å². The number of hydrogen-bond donors (Lipinski definition) is 1. The van der Waals surface area contributed by atoms with Crippen LogP contribution in [0, 0.1) is 10.1 Å². The molecule has 1 aliphatic heterocycles. The highest BCUT2D eigenvalue weighted by atomic mass is 32.2. The fourth-order valence-electron chi connectivity index (χ4n) is 2.94. The van der Waals surface area contributed by atoms with Gasteiger partial charge in [-0.3, -0.25) is 19.8 Å². The van der Waals surface area contributed by atoms with Gasteiger partial charge >= 0.3 is 6.09 Å². The second-order valence-electron chi connectivity index (χ2n) is 8.31. The van der Waals surface area contributed by atoms with Crippen LogP contribution in [0.1, 0.15) is 31.1 Å². The van der Waals surface area contributed by atoms with Gasteiger partial charge in [0.25, 0.3) is 11.6 Å². The van der Waals surface area contributed by atoms with Gasteiger partial charge in [-0.1, -0.05) is 0 Å². The number of piperazine rings is 1. The predicted octanol–water partition coefficient (Wildman–Crippen LogP) is 1.28. The quantitative estimate of drug-likeness (QED) is 0.499. The lowest BCUT2D eigenvalue weighted by Gasteiger charge is -2.35. The van der Waals surface area contributed by atoms with Crippen LogP contribution in [0.2, 0.25) is 0 Å². The second-order valence-corrected chi connectivity index (χ2v) is 10.3. The maximum absolute atomic E-state index is 12.4. The minimum atomic E-state index is -3.71. The molecular weight excluding hydrogens is 428 g/mol. The van der Waals surface area contributed by atoms with E-state index in [1.165, 1.54) is 0 Å². The zero-order valence-electron chi connectivity index (χ0n) is 18.1. The summed E-state index contributed by atoms with van der Waals surface area (Å²) < 4.78 is 28.9. The molecule has 0 saturated carbocycles. The number of amides is 2. The van der Waals surface area contributed by atoms with Crippen LogP contribution in [-0.4, -0.2) is 86.3 Å². The zero-order chi connectivity index (χ0) is 23.4. The Bertz CT molecular complexity index is 948. The van der Waals surface area contributed by atoms with Gasteiger partial charge in [0.05, 0.1) is 9.82 Å². The molecule has 1 aromatic rings. The van der Waals surface area contributed by atoms with Gasteiger partial charge in [0, 0.05) is 63.2 Å². The van der Waals surface area contributed by atoms with Gasteiger partial charge in [-0.25, -0.2) is 13.2 Å². The maximum Gasteiger partial charge on any atom is 0.410 e. The van der Waals surface area contributed by atoms with Crippen molar-refractivity contribution in [1.29, 1.82) is 0 Å². The average Bonchev–Trinajstić information content (AvgIpc) is 2.66. The number of non-ortho nitro benzene ring substituents is 1. The summed E-state index contributed by atoms with van der Waals surface area (Å²) in [5.41, 5.74) is -1.11. The van der Waals surface area contributed by atoms with Crippen LogP contribution < -0.4 is 5.32 Å². The fourth-order valence-corrected chi connectivity index (χ4v) is 3.62. The molecule has 2 rings (SSSR count). The fraction of sp³-hybridized carbons (Fsp3) is 0.579. The van der Waals surface area contributed by atoms with Crippen molar-refractivity contribution >= 4 is 27.5 Å². The van der Waals surface area contributed by atoms with E-state index in [1.807, 2.05) is 20.8 Å². The van der Waals surface area contributed by atoms with Crippen molar-refractivity contribution in [1.82, 2.24) is 15.1 Å². The molecule has 0 aromatic heterocycles. The molecule has 1 aromatic carbocycles. The Hall–Kier alpha value is -2.73. The van der Waals surface area contributed by atoms with E-state index in [-0.39, 0.29) is 23.1 Å². The highest BCUT2D eigenvalue weighted by Gasteiger charge is 2.26. The summed E-state index contributed by atoms with van der Waals surface area (Å²) in [7, 11) is -3.71. The van der Waals surface area contributed by atoms with Crippen molar-refractivity contribution in [2.24, 2.45) is 0 Å². The van der Waals surface area contributed by atoms with Crippen molar-refractivity contribution in [2.75, 3.05) is 45.5 Å². The summed E-state index contributed by atoms with van der Waals surface area (Å²) in [5, 5.41) is 13.7. The summed E-state index contributed by atoms with van der Waals surface area (Å²) in [6.45, 7) is 8.45. The van der Waals surface area contributed by atoms with Crippen LogP contribution >= 0.6 is 0 Å². The maximum atomic E-state index is 12.4. The van der Waals surface area contributed by atoms with Crippen LogP contribution in [0.4, 0.5) is 10.5 Å². The van der Waals surface area contributed by atoms with Crippen molar-refractivity contribution in [3.8, 4) is 0 Å². The van der Waals surface area contributed by atoms with Gasteiger partial charge < -0.3 is 15.0 Å². The van der Waals surface area contributed by atoms with E-state index < -0.39 is 32.0 Å².